The molecule has 0 aliphatic heterocycles. The number of pyridine rings is 1. The lowest BCUT2D eigenvalue weighted by Gasteiger charge is -2.15. The number of aryl methyl sites for hydroxylation is 2. The second-order valence-corrected chi connectivity index (χ2v) is 4.18. The van der Waals surface area contributed by atoms with Gasteiger partial charge in [0.2, 0.25) is 0 Å². The molecule has 17 heavy (non-hydrogen) atoms. The van der Waals surface area contributed by atoms with E-state index in [-0.39, 0.29) is 5.43 Å². The minimum atomic E-state index is 0.0474. The number of hydrogen-bond donors (Lipinski definition) is 1. The lowest BCUT2D eigenvalue weighted by molar-refractivity contribution is 0.916. The predicted octanol–water partition coefficient (Wildman–Crippen LogP) is 1.91. The summed E-state index contributed by atoms with van der Waals surface area (Å²) in [6.07, 6.45) is 0. The van der Waals surface area contributed by atoms with Crippen molar-refractivity contribution in [2.75, 3.05) is 0 Å². The zero-order valence-electron chi connectivity index (χ0n) is 10.1. The minimum absolute atomic E-state index is 0.0474. The van der Waals surface area contributed by atoms with E-state index in [4.69, 9.17) is 5.73 Å². The van der Waals surface area contributed by atoms with Gasteiger partial charge in [-0.3, -0.25) is 4.79 Å². The Labute approximate surface area is 101 Å². The van der Waals surface area contributed by atoms with Crippen LogP contribution in [0.25, 0.3) is 5.69 Å². The molecule has 0 amide bonds. The molecule has 0 spiro atoms. The number of aromatic nitrogens is 1. The quantitative estimate of drug-likeness (QED) is 0.853. The zero-order valence-corrected chi connectivity index (χ0v) is 10.1. The van der Waals surface area contributed by atoms with E-state index in [1.807, 2.05) is 38.1 Å². The molecule has 0 radical (unpaired) electrons. The minimum Gasteiger partial charge on any atom is -0.326 e. The highest BCUT2D eigenvalue weighted by Gasteiger charge is 2.04. The summed E-state index contributed by atoms with van der Waals surface area (Å²) >= 11 is 0. The maximum absolute atomic E-state index is 11.4. The Morgan fingerprint density at radius 3 is 2.35 bits per heavy atom. The number of benzene rings is 1. The van der Waals surface area contributed by atoms with Crippen LogP contribution in [0.15, 0.2) is 41.2 Å². The molecule has 0 saturated carbocycles. The van der Waals surface area contributed by atoms with E-state index >= 15 is 0 Å². The molecule has 2 rings (SSSR count). The van der Waals surface area contributed by atoms with Crippen LogP contribution in [-0.2, 0) is 6.54 Å². The van der Waals surface area contributed by atoms with Gasteiger partial charge < -0.3 is 10.3 Å². The number of rotatable bonds is 2. The summed E-state index contributed by atoms with van der Waals surface area (Å²) in [5, 5.41) is 0. The smallest absolute Gasteiger partial charge is 0.182 e. The molecule has 0 unspecified atom stereocenters. The van der Waals surface area contributed by atoms with Gasteiger partial charge in [0.1, 0.15) is 0 Å². The average molecular weight is 228 g/mol. The van der Waals surface area contributed by atoms with Crippen LogP contribution < -0.4 is 11.2 Å². The third-order valence-electron chi connectivity index (χ3n) is 2.81. The summed E-state index contributed by atoms with van der Waals surface area (Å²) < 4.78 is 2.06. The third-order valence-corrected chi connectivity index (χ3v) is 2.81. The second kappa shape index (κ2) is 4.55. The van der Waals surface area contributed by atoms with Gasteiger partial charge in [-0.05, 0) is 31.5 Å². The van der Waals surface area contributed by atoms with Crippen LogP contribution in [0, 0.1) is 13.8 Å². The van der Waals surface area contributed by atoms with Crippen LogP contribution in [0.1, 0.15) is 17.0 Å². The van der Waals surface area contributed by atoms with Gasteiger partial charge in [0.05, 0.1) is 0 Å². The lowest BCUT2D eigenvalue weighted by atomic mass is 10.2. The second-order valence-electron chi connectivity index (χ2n) is 4.18. The standard InChI is InChI=1S/C14H16N2O/c1-10-6-14(17)7-11(2)16(10)13-5-3-4-12(8-13)9-15/h3-8H,9,15H2,1-2H3. The number of hydrogen-bond acceptors (Lipinski definition) is 2. The van der Waals surface area contributed by atoms with Crippen LogP contribution in [0.4, 0.5) is 0 Å². The summed E-state index contributed by atoms with van der Waals surface area (Å²) in [6, 6.07) is 11.3. The van der Waals surface area contributed by atoms with Crippen molar-refractivity contribution in [2.45, 2.75) is 20.4 Å². The van der Waals surface area contributed by atoms with E-state index in [9.17, 15) is 4.79 Å². The molecule has 0 fully saturated rings. The maximum atomic E-state index is 11.4. The molecule has 1 heterocycles. The summed E-state index contributed by atoms with van der Waals surface area (Å²) in [5.74, 6) is 0. The first-order chi connectivity index (χ1) is 8.11. The molecule has 0 aliphatic rings. The molecule has 1 aromatic heterocycles. The Morgan fingerprint density at radius 1 is 1.12 bits per heavy atom. The first-order valence-corrected chi connectivity index (χ1v) is 5.61. The highest BCUT2D eigenvalue weighted by Crippen LogP contribution is 2.14. The van der Waals surface area contributed by atoms with Crippen LogP contribution >= 0.6 is 0 Å². The summed E-state index contributed by atoms with van der Waals surface area (Å²) in [6.45, 7) is 4.39. The van der Waals surface area contributed by atoms with Crippen molar-refractivity contribution in [3.05, 3.63) is 63.6 Å². The summed E-state index contributed by atoms with van der Waals surface area (Å²) in [4.78, 5) is 11.4. The Morgan fingerprint density at radius 2 is 1.76 bits per heavy atom. The Bertz CT molecular complexity index is 573. The van der Waals surface area contributed by atoms with E-state index < -0.39 is 0 Å². The Hall–Kier alpha value is -1.87. The van der Waals surface area contributed by atoms with Crippen molar-refractivity contribution in [2.24, 2.45) is 5.73 Å². The van der Waals surface area contributed by atoms with Gasteiger partial charge in [-0.1, -0.05) is 12.1 Å². The van der Waals surface area contributed by atoms with E-state index in [1.165, 1.54) is 0 Å². The molecule has 0 atom stereocenters. The van der Waals surface area contributed by atoms with Gasteiger partial charge in [-0.15, -0.1) is 0 Å². The van der Waals surface area contributed by atoms with Gasteiger partial charge in [0.15, 0.2) is 5.43 Å². The van der Waals surface area contributed by atoms with Gasteiger partial charge >= 0.3 is 0 Å². The van der Waals surface area contributed by atoms with Crippen LogP contribution in [0.5, 0.6) is 0 Å². The monoisotopic (exact) mass is 228 g/mol. The highest BCUT2D eigenvalue weighted by atomic mass is 16.1. The van der Waals surface area contributed by atoms with Crippen LogP contribution in [0.3, 0.4) is 0 Å². The molecule has 2 N–H and O–H groups in total. The first kappa shape index (κ1) is 11.6. The third kappa shape index (κ3) is 2.29. The maximum Gasteiger partial charge on any atom is 0.182 e. The fourth-order valence-electron chi connectivity index (χ4n) is 2.09. The molecule has 88 valence electrons. The molecule has 0 bridgehead atoms. The molecule has 0 aliphatic carbocycles. The van der Waals surface area contributed by atoms with E-state index in [0.29, 0.717) is 6.54 Å². The van der Waals surface area contributed by atoms with Crippen molar-refractivity contribution in [3.63, 3.8) is 0 Å². The lowest BCUT2D eigenvalue weighted by Crippen LogP contribution is -2.11. The van der Waals surface area contributed by atoms with Crippen molar-refractivity contribution in [1.29, 1.82) is 0 Å². The zero-order chi connectivity index (χ0) is 12.4. The molecule has 0 saturated heterocycles. The van der Waals surface area contributed by atoms with Crippen molar-refractivity contribution < 1.29 is 0 Å². The average Bonchev–Trinajstić information content (AvgIpc) is 2.28. The van der Waals surface area contributed by atoms with Gasteiger partial charge in [0.25, 0.3) is 0 Å². The molecule has 3 heteroatoms. The van der Waals surface area contributed by atoms with Crippen LogP contribution in [0.2, 0.25) is 0 Å². The molecule has 2 aromatic rings. The van der Waals surface area contributed by atoms with Crippen molar-refractivity contribution >= 4 is 0 Å². The normalized spacial score (nSPS) is 10.5. The summed E-state index contributed by atoms with van der Waals surface area (Å²) in [7, 11) is 0. The fourth-order valence-corrected chi connectivity index (χ4v) is 2.09. The number of nitrogens with two attached hydrogens (primary N) is 1. The summed E-state index contributed by atoms with van der Waals surface area (Å²) in [5.41, 5.74) is 9.68. The largest absolute Gasteiger partial charge is 0.326 e. The molecule has 3 nitrogen and oxygen atoms in total. The van der Waals surface area contributed by atoms with Gasteiger partial charge in [-0.2, -0.15) is 0 Å². The first-order valence-electron chi connectivity index (χ1n) is 5.61. The molecule has 1 aromatic carbocycles. The topological polar surface area (TPSA) is 48.0 Å². The van der Waals surface area contributed by atoms with E-state index in [1.54, 1.807) is 12.1 Å². The van der Waals surface area contributed by atoms with Gasteiger partial charge in [-0.25, -0.2) is 0 Å². The molecular weight excluding hydrogens is 212 g/mol. The van der Waals surface area contributed by atoms with Gasteiger partial charge in [0, 0.05) is 35.8 Å². The molecular formula is C14H16N2O. The van der Waals surface area contributed by atoms with Crippen molar-refractivity contribution in [1.82, 2.24) is 4.57 Å². The van der Waals surface area contributed by atoms with Crippen LogP contribution in [-0.4, -0.2) is 4.57 Å². The van der Waals surface area contributed by atoms with E-state index in [0.717, 1.165) is 22.6 Å². The Kier molecular flexibility index (Phi) is 3.11. The SMILES string of the molecule is Cc1cc(=O)cc(C)n1-c1cccc(CN)c1. The number of nitrogens with zero attached hydrogens (tertiary/aromatic N) is 1. The predicted molar refractivity (Wildman–Crippen MR) is 69.4 cm³/mol. The highest BCUT2D eigenvalue weighted by molar-refractivity contribution is 5.39. The fraction of sp³-hybridized carbons (Fsp3) is 0.214. The Balaban J connectivity index is 2.64. The van der Waals surface area contributed by atoms with E-state index in [2.05, 4.69) is 4.57 Å². The van der Waals surface area contributed by atoms with Crippen molar-refractivity contribution in [3.8, 4) is 5.69 Å².